The van der Waals surface area contributed by atoms with Crippen molar-refractivity contribution in [1.82, 2.24) is 0 Å². The lowest BCUT2D eigenvalue weighted by Gasteiger charge is -2.28. The zero-order chi connectivity index (χ0) is 19.2. The molecule has 0 aliphatic heterocycles. The molecule has 3 heteroatoms. The van der Waals surface area contributed by atoms with Crippen LogP contribution in [-0.4, -0.2) is 8.07 Å². The van der Waals surface area contributed by atoms with Crippen molar-refractivity contribution in [1.29, 1.82) is 0 Å². The molecule has 0 saturated heterocycles. The summed E-state index contributed by atoms with van der Waals surface area (Å²) in [5.41, 5.74) is 7.65. The van der Waals surface area contributed by atoms with Crippen LogP contribution in [0.15, 0.2) is 91.0 Å². The van der Waals surface area contributed by atoms with E-state index in [0.29, 0.717) is 7.28 Å². The number of benzene rings is 3. The van der Waals surface area contributed by atoms with E-state index in [1.165, 1.54) is 16.7 Å². The van der Waals surface area contributed by atoms with Gasteiger partial charge in [0.1, 0.15) is 13.2 Å². The zero-order valence-corrected chi connectivity index (χ0v) is 19.3. The molecule has 3 aromatic rings. The molecule has 0 nitrogen and oxygen atoms in total. The van der Waals surface area contributed by atoms with Crippen molar-refractivity contribution in [3.63, 3.8) is 0 Å². The molecule has 0 radical (unpaired) electrons. The summed E-state index contributed by atoms with van der Waals surface area (Å²) in [5.74, 6) is 3.75. The first-order valence-corrected chi connectivity index (χ1v) is 15.6. The Morgan fingerprint density at radius 2 is 1.22 bits per heavy atom. The highest BCUT2D eigenvalue weighted by Crippen LogP contribution is 2.50. The van der Waals surface area contributed by atoms with E-state index in [2.05, 4.69) is 131 Å². The molecule has 27 heavy (non-hydrogen) atoms. The molecule has 0 saturated carbocycles. The van der Waals surface area contributed by atoms with Crippen molar-refractivity contribution < 1.29 is 0 Å². The van der Waals surface area contributed by atoms with Crippen LogP contribution in [0.3, 0.4) is 0 Å². The topological polar surface area (TPSA) is 0 Å². The van der Waals surface area contributed by atoms with E-state index in [0.717, 1.165) is 6.04 Å². The Labute approximate surface area is 174 Å². The van der Waals surface area contributed by atoms with Gasteiger partial charge in [0.25, 0.3) is 0 Å². The number of halogens is 1. The van der Waals surface area contributed by atoms with Gasteiger partial charge in [0.2, 0.25) is 0 Å². The van der Waals surface area contributed by atoms with Crippen molar-refractivity contribution in [3.8, 4) is 11.5 Å². The average molecular weight is 451 g/mol. The maximum atomic E-state index is 3.82. The largest absolute Gasteiger partial charge is 0.136 e. The monoisotopic (exact) mass is 450 g/mol. The van der Waals surface area contributed by atoms with Crippen LogP contribution in [0, 0.1) is 11.5 Å². The van der Waals surface area contributed by atoms with Gasteiger partial charge in [-0.05, 0) is 30.0 Å². The van der Waals surface area contributed by atoms with Crippen LogP contribution in [0.1, 0.15) is 16.7 Å². The Morgan fingerprint density at radius 1 is 0.778 bits per heavy atom. The van der Waals surface area contributed by atoms with Crippen LogP contribution in [0.2, 0.25) is 13.1 Å². The molecule has 0 aliphatic rings. The molecule has 0 aliphatic carbocycles. The van der Waals surface area contributed by atoms with Crippen molar-refractivity contribution in [2.75, 3.05) is 0 Å². The molecule has 3 rings (SSSR count). The molecule has 3 aromatic carbocycles. The van der Waals surface area contributed by atoms with Gasteiger partial charge < -0.3 is 0 Å². The lowest BCUT2D eigenvalue weighted by Crippen LogP contribution is -2.29. The predicted molar refractivity (Wildman–Crippen MR) is 126 cm³/mol. The molecule has 136 valence electrons. The fraction of sp³-hybridized carbons (Fsp3) is 0.167. The molecular weight excluding hydrogens is 427 g/mol. The lowest BCUT2D eigenvalue weighted by atomic mass is 9.91. The highest BCUT2D eigenvalue weighted by molar-refractivity contribution is 9.36. The molecule has 0 amide bonds. The molecule has 1 unspecified atom stereocenters. The predicted octanol–water partition coefficient (Wildman–Crippen LogP) is 6.95. The van der Waals surface area contributed by atoms with E-state index >= 15 is 0 Å². The Kier molecular flexibility index (Phi) is 6.72. The summed E-state index contributed by atoms with van der Waals surface area (Å²) in [6.45, 7) is 4.73. The standard InChI is InChI=1S/C24H24BrPSi/c1-27(2,20-21-12-6-3-7-13-21)19-18-24(26-25,22-14-8-4-9-15-22)23-16-10-5-11-17-23/h3-17,26H,20H2,1-2H3. The highest BCUT2D eigenvalue weighted by Gasteiger charge is 2.32. The van der Waals surface area contributed by atoms with Crippen LogP contribution in [-0.2, 0) is 11.2 Å². The van der Waals surface area contributed by atoms with Gasteiger partial charge in [-0.25, -0.2) is 0 Å². The average Bonchev–Trinajstić information content (AvgIpc) is 2.71. The molecule has 0 spiro atoms. The zero-order valence-electron chi connectivity index (χ0n) is 15.7. The number of rotatable bonds is 5. The van der Waals surface area contributed by atoms with E-state index in [1.807, 2.05) is 0 Å². The van der Waals surface area contributed by atoms with Crippen LogP contribution in [0.4, 0.5) is 0 Å². The number of hydrogen-bond donors (Lipinski definition) is 0. The summed E-state index contributed by atoms with van der Waals surface area (Å²) < 4.78 is 0. The maximum absolute atomic E-state index is 3.82. The van der Waals surface area contributed by atoms with Crippen LogP contribution < -0.4 is 0 Å². The van der Waals surface area contributed by atoms with E-state index in [4.69, 9.17) is 0 Å². The fourth-order valence-corrected chi connectivity index (χ4v) is 7.56. The van der Waals surface area contributed by atoms with E-state index < -0.39 is 8.07 Å². The Hall–Kier alpha value is -1.65. The molecule has 1 atom stereocenters. The van der Waals surface area contributed by atoms with Gasteiger partial charge in [0.05, 0.1) is 0 Å². The van der Waals surface area contributed by atoms with Crippen molar-refractivity contribution in [3.05, 3.63) is 108 Å². The van der Waals surface area contributed by atoms with Gasteiger partial charge in [-0.15, -0.1) is 5.54 Å². The molecule has 0 N–H and O–H groups in total. The summed E-state index contributed by atoms with van der Waals surface area (Å²) in [6.07, 6.45) is 0. The van der Waals surface area contributed by atoms with Gasteiger partial charge in [-0.2, -0.15) is 0 Å². The van der Waals surface area contributed by atoms with Gasteiger partial charge >= 0.3 is 0 Å². The van der Waals surface area contributed by atoms with Crippen LogP contribution in [0.5, 0.6) is 0 Å². The smallest absolute Gasteiger partial charge is 0.130 e. The van der Waals surface area contributed by atoms with E-state index in [1.54, 1.807) is 0 Å². The first kappa shape index (κ1) is 20.1. The quantitative estimate of drug-likeness (QED) is 0.224. The molecular formula is C24H24BrPSi. The Balaban J connectivity index is 2.04. The van der Waals surface area contributed by atoms with Gasteiger partial charge in [-0.1, -0.05) is 125 Å². The third kappa shape index (κ3) is 4.99. The summed E-state index contributed by atoms with van der Waals surface area (Å²) in [5, 5.41) is -0.302. The minimum absolute atomic E-state index is 0.302. The molecule has 0 bridgehead atoms. The van der Waals surface area contributed by atoms with Crippen molar-refractivity contribution in [2.45, 2.75) is 24.3 Å². The third-order valence-electron chi connectivity index (χ3n) is 4.63. The maximum Gasteiger partial charge on any atom is 0.136 e. The Morgan fingerprint density at radius 3 is 1.67 bits per heavy atom. The van der Waals surface area contributed by atoms with Crippen molar-refractivity contribution in [2.24, 2.45) is 0 Å². The SMILES string of the molecule is C[Si](C)(C#CC(PBr)(c1ccccc1)c1ccccc1)Cc1ccccc1. The molecule has 0 heterocycles. The Bertz CT molecular complexity index is 873. The summed E-state index contributed by atoms with van der Waals surface area (Å²) in [7, 11) is -1.22. The van der Waals surface area contributed by atoms with E-state index in [-0.39, 0.29) is 5.16 Å². The summed E-state index contributed by atoms with van der Waals surface area (Å²) >= 11 is 3.82. The van der Waals surface area contributed by atoms with Gasteiger partial charge in [0, 0.05) is 0 Å². The summed E-state index contributed by atoms with van der Waals surface area (Å²) in [6, 6.07) is 33.2. The fourth-order valence-electron chi connectivity index (χ4n) is 3.23. The second-order valence-corrected chi connectivity index (χ2v) is 13.9. The van der Waals surface area contributed by atoms with Crippen LogP contribution in [0.25, 0.3) is 0 Å². The number of hydrogen-bond acceptors (Lipinski definition) is 0. The minimum atomic E-state index is -1.71. The lowest BCUT2D eigenvalue weighted by molar-refractivity contribution is 0.976. The molecule has 0 aromatic heterocycles. The van der Waals surface area contributed by atoms with Gasteiger partial charge in [0.15, 0.2) is 0 Å². The first-order chi connectivity index (χ1) is 13.1. The second-order valence-electron chi connectivity index (χ2n) is 7.37. The highest BCUT2D eigenvalue weighted by atomic mass is 79.9. The molecule has 0 fully saturated rings. The van der Waals surface area contributed by atoms with Crippen molar-refractivity contribution >= 4 is 30.8 Å². The first-order valence-electron chi connectivity index (χ1n) is 9.13. The van der Waals surface area contributed by atoms with Gasteiger partial charge in [-0.3, -0.25) is 0 Å². The minimum Gasteiger partial charge on any atom is -0.130 e. The second kappa shape index (κ2) is 9.02. The van der Waals surface area contributed by atoms with Crippen LogP contribution >= 0.6 is 22.8 Å². The summed E-state index contributed by atoms with van der Waals surface area (Å²) in [4.78, 5) is 0. The third-order valence-corrected chi connectivity index (χ3v) is 9.50. The normalized spacial score (nSPS) is 12.0. The van der Waals surface area contributed by atoms with E-state index in [9.17, 15) is 0 Å².